The van der Waals surface area contributed by atoms with Gasteiger partial charge in [0.25, 0.3) is 5.89 Å². The van der Waals surface area contributed by atoms with E-state index in [1.54, 1.807) is 30.7 Å². The van der Waals surface area contributed by atoms with E-state index in [1.807, 2.05) is 37.3 Å². The summed E-state index contributed by atoms with van der Waals surface area (Å²) < 4.78 is 47.1. The average molecular weight is 485 g/mol. The fourth-order valence-corrected chi connectivity index (χ4v) is 3.64. The summed E-state index contributed by atoms with van der Waals surface area (Å²) >= 11 is 0. The number of benzene rings is 2. The Morgan fingerprint density at radius 1 is 0.943 bits per heavy atom. The van der Waals surface area contributed by atoms with Crippen LogP contribution < -0.4 is 0 Å². The van der Waals surface area contributed by atoms with Gasteiger partial charge in [-0.1, -0.05) is 53.7 Å². The zero-order valence-electron chi connectivity index (χ0n) is 20.2. The van der Waals surface area contributed by atoms with Gasteiger partial charge < -0.3 is 9.63 Å². The molecule has 4 aromatic rings. The first-order chi connectivity index (χ1) is 16.3. The monoisotopic (exact) mass is 484 g/mol. The van der Waals surface area contributed by atoms with Crippen molar-refractivity contribution in [3.05, 3.63) is 77.0 Å². The van der Waals surface area contributed by atoms with Gasteiger partial charge in [0.1, 0.15) is 0 Å². The normalized spacial score (nSPS) is 12.8. The number of halogens is 3. The van der Waals surface area contributed by atoms with Gasteiger partial charge in [-0.3, -0.25) is 4.68 Å². The van der Waals surface area contributed by atoms with Crippen LogP contribution >= 0.6 is 0 Å². The first-order valence-corrected chi connectivity index (χ1v) is 11.1. The van der Waals surface area contributed by atoms with Crippen molar-refractivity contribution in [2.24, 2.45) is 0 Å². The number of aromatic nitrogens is 4. The smallest absolute Gasteiger partial charge is 0.386 e. The predicted octanol–water partition coefficient (Wildman–Crippen LogP) is 6.02. The molecule has 0 radical (unpaired) electrons. The highest BCUT2D eigenvalue weighted by molar-refractivity contribution is 5.58. The number of hydrogen-bond acceptors (Lipinski definition) is 5. The topological polar surface area (TPSA) is 77.0 Å². The molecule has 0 aliphatic heterocycles. The van der Waals surface area contributed by atoms with E-state index in [9.17, 15) is 18.3 Å². The number of hydrogen-bond donors (Lipinski definition) is 1. The van der Waals surface area contributed by atoms with Crippen LogP contribution in [-0.4, -0.2) is 31.2 Å². The lowest BCUT2D eigenvalue weighted by Crippen LogP contribution is -2.36. The standard InChI is InChI=1S/C26H27F3N4O2/c1-16-13-21(31-33(16)15-17-7-6-8-20(14-17)25(4,5)34)23-30-22(32-35-23)18-9-11-19(12-10-18)24(2,3)26(27,28)29/h6-14,34H,15H2,1-5H3. The Labute approximate surface area is 201 Å². The third-order valence-corrected chi connectivity index (χ3v) is 6.17. The Balaban J connectivity index is 1.55. The third-order valence-electron chi connectivity index (χ3n) is 6.17. The van der Waals surface area contributed by atoms with Crippen LogP contribution in [0, 0.1) is 6.92 Å². The minimum absolute atomic E-state index is 0.153. The molecule has 0 unspecified atom stereocenters. The predicted molar refractivity (Wildman–Crippen MR) is 126 cm³/mol. The van der Waals surface area contributed by atoms with E-state index in [0.29, 0.717) is 17.8 Å². The van der Waals surface area contributed by atoms with E-state index in [-0.39, 0.29) is 17.3 Å². The van der Waals surface area contributed by atoms with Crippen molar-refractivity contribution in [1.82, 2.24) is 19.9 Å². The van der Waals surface area contributed by atoms with Crippen LogP contribution in [0.15, 0.2) is 59.1 Å². The molecule has 0 aliphatic carbocycles. The summed E-state index contributed by atoms with van der Waals surface area (Å²) in [5.74, 6) is 0.480. The summed E-state index contributed by atoms with van der Waals surface area (Å²) in [6.07, 6.45) is -4.36. The Bertz CT molecular complexity index is 1330. The second-order valence-electron chi connectivity index (χ2n) is 9.71. The molecule has 6 nitrogen and oxygen atoms in total. The minimum Gasteiger partial charge on any atom is -0.386 e. The molecule has 0 fully saturated rings. The van der Waals surface area contributed by atoms with Crippen molar-refractivity contribution in [2.45, 2.75) is 58.4 Å². The zero-order chi connectivity index (χ0) is 25.6. The van der Waals surface area contributed by atoms with Crippen LogP contribution in [0.4, 0.5) is 13.2 Å². The minimum atomic E-state index is -4.36. The molecule has 0 spiro atoms. The van der Waals surface area contributed by atoms with E-state index >= 15 is 0 Å². The van der Waals surface area contributed by atoms with Gasteiger partial charge in [-0.15, -0.1) is 0 Å². The van der Waals surface area contributed by atoms with Crippen molar-refractivity contribution < 1.29 is 22.8 Å². The third kappa shape index (κ3) is 5.00. The van der Waals surface area contributed by atoms with Gasteiger partial charge in [-0.2, -0.15) is 23.3 Å². The van der Waals surface area contributed by atoms with Crippen molar-refractivity contribution in [2.75, 3.05) is 0 Å². The summed E-state index contributed by atoms with van der Waals surface area (Å²) in [5.41, 5.74) is 0.955. The maximum absolute atomic E-state index is 13.3. The summed E-state index contributed by atoms with van der Waals surface area (Å²) in [6, 6.07) is 15.5. The van der Waals surface area contributed by atoms with Crippen molar-refractivity contribution in [3.63, 3.8) is 0 Å². The summed E-state index contributed by atoms with van der Waals surface area (Å²) in [6.45, 7) is 8.17. The van der Waals surface area contributed by atoms with Crippen LogP contribution in [-0.2, 0) is 17.6 Å². The van der Waals surface area contributed by atoms with Gasteiger partial charge in [0, 0.05) is 11.3 Å². The van der Waals surface area contributed by atoms with Crippen LogP contribution in [0.25, 0.3) is 23.0 Å². The molecule has 4 rings (SSSR count). The second kappa shape index (κ2) is 8.64. The van der Waals surface area contributed by atoms with Gasteiger partial charge >= 0.3 is 6.18 Å². The first kappa shape index (κ1) is 24.7. The molecule has 0 saturated heterocycles. The SMILES string of the molecule is Cc1cc(-c2nc(-c3ccc(C(C)(C)C(F)(F)F)cc3)no2)nn1Cc1cccc(C(C)(C)O)c1. The number of aryl methyl sites for hydroxylation is 1. The molecule has 35 heavy (non-hydrogen) atoms. The zero-order valence-corrected chi connectivity index (χ0v) is 20.2. The van der Waals surface area contributed by atoms with E-state index in [4.69, 9.17) is 4.52 Å². The number of aliphatic hydroxyl groups is 1. The fourth-order valence-electron chi connectivity index (χ4n) is 3.64. The van der Waals surface area contributed by atoms with E-state index < -0.39 is 17.2 Å². The first-order valence-electron chi connectivity index (χ1n) is 11.1. The van der Waals surface area contributed by atoms with Gasteiger partial charge in [0.05, 0.1) is 17.6 Å². The molecular weight excluding hydrogens is 457 g/mol. The van der Waals surface area contributed by atoms with E-state index in [0.717, 1.165) is 30.7 Å². The summed E-state index contributed by atoms with van der Waals surface area (Å²) in [7, 11) is 0. The largest absolute Gasteiger partial charge is 0.397 e. The number of rotatable bonds is 6. The summed E-state index contributed by atoms with van der Waals surface area (Å²) in [4.78, 5) is 4.39. The Hall–Kier alpha value is -3.46. The highest BCUT2D eigenvalue weighted by Gasteiger charge is 2.48. The number of nitrogens with zero attached hydrogens (tertiary/aromatic N) is 4. The summed E-state index contributed by atoms with van der Waals surface area (Å²) in [5, 5.41) is 18.8. The molecule has 184 valence electrons. The molecule has 2 aromatic heterocycles. The lowest BCUT2D eigenvalue weighted by atomic mass is 9.83. The molecule has 2 aromatic carbocycles. The fraction of sp³-hybridized carbons (Fsp3) is 0.346. The molecular formula is C26H27F3N4O2. The number of alkyl halides is 3. The van der Waals surface area contributed by atoms with Crippen molar-refractivity contribution in [3.8, 4) is 23.0 Å². The van der Waals surface area contributed by atoms with Crippen molar-refractivity contribution in [1.29, 1.82) is 0 Å². The highest BCUT2D eigenvalue weighted by Crippen LogP contribution is 2.40. The lowest BCUT2D eigenvalue weighted by Gasteiger charge is -2.28. The van der Waals surface area contributed by atoms with Crippen LogP contribution in [0.2, 0.25) is 0 Å². The van der Waals surface area contributed by atoms with E-state index in [1.165, 1.54) is 12.1 Å². The average Bonchev–Trinajstić information content (AvgIpc) is 3.40. The molecule has 0 amide bonds. The molecule has 0 aliphatic rings. The van der Waals surface area contributed by atoms with Crippen LogP contribution in [0.1, 0.15) is 50.1 Å². The molecule has 0 saturated carbocycles. The molecule has 0 atom stereocenters. The Morgan fingerprint density at radius 2 is 1.63 bits per heavy atom. The van der Waals surface area contributed by atoms with Gasteiger partial charge in [0.15, 0.2) is 5.69 Å². The molecule has 1 N–H and O–H groups in total. The second-order valence-corrected chi connectivity index (χ2v) is 9.71. The van der Waals surface area contributed by atoms with Crippen LogP contribution in [0.3, 0.4) is 0 Å². The molecule has 9 heteroatoms. The molecule has 0 bridgehead atoms. The Kier molecular flexibility index (Phi) is 6.09. The van der Waals surface area contributed by atoms with E-state index in [2.05, 4.69) is 15.2 Å². The van der Waals surface area contributed by atoms with Gasteiger partial charge in [-0.25, -0.2) is 0 Å². The molecule has 2 heterocycles. The van der Waals surface area contributed by atoms with Crippen LogP contribution in [0.5, 0.6) is 0 Å². The quantitative estimate of drug-likeness (QED) is 0.362. The van der Waals surface area contributed by atoms with Gasteiger partial charge in [-0.05, 0) is 57.4 Å². The lowest BCUT2D eigenvalue weighted by molar-refractivity contribution is -0.180. The van der Waals surface area contributed by atoms with Crippen molar-refractivity contribution >= 4 is 0 Å². The Morgan fingerprint density at radius 3 is 2.26 bits per heavy atom. The maximum atomic E-state index is 13.3. The highest BCUT2D eigenvalue weighted by atomic mass is 19.4. The van der Waals surface area contributed by atoms with Gasteiger partial charge in [0.2, 0.25) is 5.82 Å². The maximum Gasteiger partial charge on any atom is 0.397 e.